The second kappa shape index (κ2) is 7.39. The second-order valence-electron chi connectivity index (χ2n) is 6.89. The molecule has 4 rings (SSSR count). The highest BCUT2D eigenvalue weighted by molar-refractivity contribution is 5.19. The van der Waals surface area contributed by atoms with Gasteiger partial charge >= 0.3 is 0 Å². The summed E-state index contributed by atoms with van der Waals surface area (Å²) in [5.41, 5.74) is 5.54. The van der Waals surface area contributed by atoms with Crippen LogP contribution in [-0.4, -0.2) is 42.3 Å². The van der Waals surface area contributed by atoms with Gasteiger partial charge < -0.3 is 9.30 Å². The van der Waals surface area contributed by atoms with Crippen molar-refractivity contribution in [1.29, 1.82) is 0 Å². The molecule has 7 nitrogen and oxygen atoms in total. The Kier molecular flexibility index (Phi) is 4.81. The molecule has 1 N–H and O–H groups in total. The van der Waals surface area contributed by atoms with Crippen LogP contribution >= 0.6 is 0 Å². The van der Waals surface area contributed by atoms with Crippen molar-refractivity contribution in [3.8, 4) is 0 Å². The number of rotatable bonds is 6. The summed E-state index contributed by atoms with van der Waals surface area (Å²) < 4.78 is 8.12. The molecule has 0 spiro atoms. The number of hydrogen-bond donors (Lipinski definition) is 1. The maximum Gasteiger partial charge on any atom is 0.0949 e. The first-order valence-electron chi connectivity index (χ1n) is 8.90. The molecule has 136 valence electrons. The van der Waals surface area contributed by atoms with Gasteiger partial charge in [0.1, 0.15) is 0 Å². The predicted molar refractivity (Wildman–Crippen MR) is 97.2 cm³/mol. The number of aromatic amines is 1. The van der Waals surface area contributed by atoms with Gasteiger partial charge in [-0.05, 0) is 25.1 Å². The molecular weight excluding hydrogens is 328 g/mol. The predicted octanol–water partition coefficient (Wildman–Crippen LogP) is 1.99. The molecular formula is C19H24N6O. The second-order valence-corrected chi connectivity index (χ2v) is 6.89. The summed E-state index contributed by atoms with van der Waals surface area (Å²) in [5.74, 6) is 0. The third-order valence-corrected chi connectivity index (χ3v) is 4.85. The van der Waals surface area contributed by atoms with Gasteiger partial charge in [0, 0.05) is 50.2 Å². The zero-order chi connectivity index (χ0) is 17.9. The SMILES string of the molecule is Cc1cc(CN2Cc3ncn(C)c3C[C@H]2COCc2ccccn2)n[nH]1. The van der Waals surface area contributed by atoms with E-state index in [1.54, 1.807) is 6.20 Å². The highest BCUT2D eigenvalue weighted by Crippen LogP contribution is 2.24. The number of aryl methyl sites for hydroxylation is 2. The van der Waals surface area contributed by atoms with Gasteiger partial charge in [0.2, 0.25) is 0 Å². The number of pyridine rings is 1. The lowest BCUT2D eigenvalue weighted by atomic mass is 10.0. The average molecular weight is 352 g/mol. The number of fused-ring (bicyclic) bond motifs is 1. The molecule has 0 saturated carbocycles. The Morgan fingerprint density at radius 1 is 1.27 bits per heavy atom. The molecule has 26 heavy (non-hydrogen) atoms. The number of imidazole rings is 1. The Bertz CT molecular complexity index is 856. The fraction of sp³-hybridized carbons (Fsp3) is 0.421. The van der Waals surface area contributed by atoms with Crippen LogP contribution in [0.15, 0.2) is 36.8 Å². The van der Waals surface area contributed by atoms with E-state index >= 15 is 0 Å². The summed E-state index contributed by atoms with van der Waals surface area (Å²) in [6.07, 6.45) is 4.63. The lowest BCUT2D eigenvalue weighted by Gasteiger charge is -2.34. The zero-order valence-corrected chi connectivity index (χ0v) is 15.2. The molecule has 0 aliphatic carbocycles. The van der Waals surface area contributed by atoms with Crippen LogP contribution in [0.1, 0.15) is 28.5 Å². The van der Waals surface area contributed by atoms with Gasteiger partial charge in [-0.3, -0.25) is 15.0 Å². The summed E-state index contributed by atoms with van der Waals surface area (Å²) in [5, 5.41) is 7.42. The van der Waals surface area contributed by atoms with Crippen LogP contribution in [0.3, 0.4) is 0 Å². The monoisotopic (exact) mass is 352 g/mol. The van der Waals surface area contributed by atoms with Crippen molar-refractivity contribution in [2.45, 2.75) is 39.1 Å². The molecule has 0 bridgehead atoms. The van der Waals surface area contributed by atoms with Gasteiger partial charge in [-0.1, -0.05) is 6.07 Å². The third kappa shape index (κ3) is 3.68. The minimum atomic E-state index is 0.290. The Balaban J connectivity index is 1.46. The van der Waals surface area contributed by atoms with Gasteiger partial charge in [0.15, 0.2) is 0 Å². The van der Waals surface area contributed by atoms with Crippen LogP contribution in [-0.2, 0) is 37.9 Å². The van der Waals surface area contributed by atoms with E-state index < -0.39 is 0 Å². The first kappa shape index (κ1) is 16.9. The van der Waals surface area contributed by atoms with Crippen LogP contribution in [0, 0.1) is 6.92 Å². The normalized spacial score (nSPS) is 17.4. The van der Waals surface area contributed by atoms with E-state index in [1.807, 2.05) is 31.5 Å². The number of hydrogen-bond acceptors (Lipinski definition) is 5. The summed E-state index contributed by atoms with van der Waals surface area (Å²) in [6.45, 7) is 4.82. The van der Waals surface area contributed by atoms with Crippen LogP contribution in [0.4, 0.5) is 0 Å². The number of ether oxygens (including phenoxy) is 1. The topological polar surface area (TPSA) is 71.9 Å². The Morgan fingerprint density at radius 2 is 2.19 bits per heavy atom. The van der Waals surface area contributed by atoms with Crippen molar-refractivity contribution in [2.75, 3.05) is 6.61 Å². The van der Waals surface area contributed by atoms with Crippen molar-refractivity contribution in [3.63, 3.8) is 0 Å². The Morgan fingerprint density at radius 3 is 2.96 bits per heavy atom. The molecule has 4 heterocycles. The Hall–Kier alpha value is -2.51. The molecule has 3 aromatic rings. The van der Waals surface area contributed by atoms with E-state index in [0.29, 0.717) is 19.3 Å². The molecule has 0 amide bonds. The Labute approximate surface area is 153 Å². The minimum absolute atomic E-state index is 0.290. The fourth-order valence-corrected chi connectivity index (χ4v) is 3.47. The number of H-pyrrole nitrogens is 1. The van der Waals surface area contributed by atoms with Crippen molar-refractivity contribution < 1.29 is 4.74 Å². The maximum atomic E-state index is 6.00. The van der Waals surface area contributed by atoms with E-state index in [4.69, 9.17) is 4.74 Å². The van der Waals surface area contributed by atoms with E-state index in [0.717, 1.165) is 42.3 Å². The van der Waals surface area contributed by atoms with E-state index in [2.05, 4.69) is 42.7 Å². The summed E-state index contributed by atoms with van der Waals surface area (Å²) in [4.78, 5) is 11.3. The maximum absolute atomic E-state index is 6.00. The van der Waals surface area contributed by atoms with E-state index in [9.17, 15) is 0 Å². The first-order valence-corrected chi connectivity index (χ1v) is 8.90. The summed E-state index contributed by atoms with van der Waals surface area (Å²) in [6, 6.07) is 8.28. The van der Waals surface area contributed by atoms with Gasteiger partial charge in [-0.2, -0.15) is 5.10 Å². The van der Waals surface area contributed by atoms with Gasteiger partial charge in [-0.25, -0.2) is 4.98 Å². The van der Waals surface area contributed by atoms with Crippen molar-refractivity contribution in [1.82, 2.24) is 29.6 Å². The molecule has 0 fully saturated rings. The number of aromatic nitrogens is 5. The molecule has 0 aromatic carbocycles. The van der Waals surface area contributed by atoms with Crippen molar-refractivity contribution in [3.05, 3.63) is 65.3 Å². The quantitative estimate of drug-likeness (QED) is 0.735. The van der Waals surface area contributed by atoms with E-state index in [-0.39, 0.29) is 0 Å². The average Bonchev–Trinajstić information content (AvgIpc) is 3.22. The highest BCUT2D eigenvalue weighted by atomic mass is 16.5. The van der Waals surface area contributed by atoms with Crippen LogP contribution in [0.5, 0.6) is 0 Å². The molecule has 1 aliphatic rings. The summed E-state index contributed by atoms with van der Waals surface area (Å²) >= 11 is 0. The highest BCUT2D eigenvalue weighted by Gasteiger charge is 2.29. The number of nitrogens with zero attached hydrogens (tertiary/aromatic N) is 5. The van der Waals surface area contributed by atoms with Crippen molar-refractivity contribution >= 4 is 0 Å². The largest absolute Gasteiger partial charge is 0.374 e. The lowest BCUT2D eigenvalue weighted by molar-refractivity contribution is 0.0343. The standard InChI is InChI=1S/C19H24N6O/c1-14-7-16(23-22-14)9-25-10-18-19(24(2)13-21-18)8-17(25)12-26-11-15-5-3-4-6-20-15/h3-7,13,17H,8-12H2,1-2H3,(H,22,23)/t17-/m0/s1. The molecule has 3 aromatic heterocycles. The van der Waals surface area contributed by atoms with Gasteiger partial charge in [-0.15, -0.1) is 0 Å². The van der Waals surface area contributed by atoms with Gasteiger partial charge in [0.25, 0.3) is 0 Å². The lowest BCUT2D eigenvalue weighted by Crippen LogP contribution is -2.43. The van der Waals surface area contributed by atoms with Crippen LogP contribution < -0.4 is 0 Å². The van der Waals surface area contributed by atoms with E-state index in [1.165, 1.54) is 5.69 Å². The van der Waals surface area contributed by atoms with Crippen molar-refractivity contribution in [2.24, 2.45) is 7.05 Å². The molecule has 0 saturated heterocycles. The number of nitrogens with one attached hydrogen (secondary N) is 1. The molecule has 0 unspecified atom stereocenters. The molecule has 1 aliphatic heterocycles. The van der Waals surface area contributed by atoms with Gasteiger partial charge in [0.05, 0.1) is 36.6 Å². The van der Waals surface area contributed by atoms with Crippen LogP contribution in [0.25, 0.3) is 0 Å². The molecule has 7 heteroatoms. The smallest absolute Gasteiger partial charge is 0.0949 e. The molecule has 1 atom stereocenters. The third-order valence-electron chi connectivity index (χ3n) is 4.85. The minimum Gasteiger partial charge on any atom is -0.374 e. The van der Waals surface area contributed by atoms with Crippen LogP contribution in [0.2, 0.25) is 0 Å². The molecule has 0 radical (unpaired) electrons. The zero-order valence-electron chi connectivity index (χ0n) is 15.2. The first-order chi connectivity index (χ1) is 12.7. The summed E-state index contributed by atoms with van der Waals surface area (Å²) in [7, 11) is 2.06. The fourth-order valence-electron chi connectivity index (χ4n) is 3.47.